The number of rotatable bonds is 8. The lowest BCUT2D eigenvalue weighted by Crippen LogP contribution is -1.98. The number of ether oxygens (including phenoxy) is 2. The van der Waals surface area contributed by atoms with Crippen LogP contribution in [-0.2, 0) is 4.79 Å². The van der Waals surface area contributed by atoms with Crippen LogP contribution in [0.4, 0.5) is 0 Å². The smallest absolute Gasteiger partial charge is 0.328 e. The Morgan fingerprint density at radius 1 is 1.14 bits per heavy atom. The van der Waals surface area contributed by atoms with Crippen LogP contribution >= 0.6 is 0 Å². The number of carbonyl (C=O) groups is 1. The summed E-state index contributed by atoms with van der Waals surface area (Å²) in [5, 5.41) is 8.66. The number of nitrogens with zero attached hydrogens (tertiary/aromatic N) is 1. The van der Waals surface area contributed by atoms with Crippen LogP contribution in [0, 0.1) is 5.92 Å². The summed E-state index contributed by atoms with van der Waals surface area (Å²) in [6.07, 6.45) is 6.31. The Morgan fingerprint density at radius 3 is 2.68 bits per heavy atom. The number of aliphatic carboxylic acids is 1. The number of carboxylic acid groups (broad SMARTS) is 1. The van der Waals surface area contributed by atoms with Crippen molar-refractivity contribution >= 4 is 12.0 Å². The lowest BCUT2D eigenvalue weighted by atomic mass is 10.2. The largest absolute Gasteiger partial charge is 0.493 e. The minimum absolute atomic E-state index is 0.409. The Morgan fingerprint density at radius 2 is 1.93 bits per heavy atom. The molecule has 0 radical (unpaired) electrons. The first-order valence-electron chi connectivity index (χ1n) is 9.03. The molecular weight excluding hydrogens is 358 g/mol. The van der Waals surface area contributed by atoms with Crippen molar-refractivity contribution in [2.24, 2.45) is 5.92 Å². The van der Waals surface area contributed by atoms with Gasteiger partial charge in [-0.25, -0.2) is 9.78 Å². The first-order valence-corrected chi connectivity index (χ1v) is 9.03. The number of hydrogen-bond donors (Lipinski definition) is 1. The summed E-state index contributed by atoms with van der Waals surface area (Å²) in [6, 6.07) is 14.9. The van der Waals surface area contributed by atoms with Crippen LogP contribution in [0.25, 0.3) is 17.5 Å². The van der Waals surface area contributed by atoms with E-state index in [1.807, 2.05) is 48.5 Å². The van der Waals surface area contributed by atoms with E-state index in [2.05, 4.69) is 4.98 Å². The van der Waals surface area contributed by atoms with Gasteiger partial charge in [0.2, 0.25) is 5.89 Å². The molecule has 2 aromatic carbocycles. The van der Waals surface area contributed by atoms with Crippen LogP contribution in [-0.4, -0.2) is 22.7 Å². The Bertz CT molecular complexity index is 986. The number of aromatic nitrogens is 1. The standard InChI is InChI=1S/C22H19NO5/c24-21(25)11-8-17-14-27-22(23-17)16-6-9-18(10-7-16)28-20-3-1-2-19(12-20)26-13-15-4-5-15/h1-3,6-12,14-15H,4-5,13H2,(H,24,25)/b11-8+. The molecule has 6 heteroatoms. The molecule has 0 spiro atoms. The van der Waals surface area contributed by atoms with Crippen LogP contribution in [0.1, 0.15) is 18.5 Å². The molecule has 6 nitrogen and oxygen atoms in total. The molecule has 0 amide bonds. The first-order chi connectivity index (χ1) is 13.7. The van der Waals surface area contributed by atoms with Gasteiger partial charge in [0.05, 0.1) is 6.61 Å². The van der Waals surface area contributed by atoms with Gasteiger partial charge >= 0.3 is 5.97 Å². The molecule has 1 aliphatic carbocycles. The summed E-state index contributed by atoms with van der Waals surface area (Å²) in [5.74, 6) is 2.27. The van der Waals surface area contributed by atoms with Gasteiger partial charge in [0.25, 0.3) is 0 Å². The van der Waals surface area contributed by atoms with Gasteiger partial charge < -0.3 is 19.0 Å². The SMILES string of the molecule is O=C(O)/C=C/c1coc(-c2ccc(Oc3cccc(OCC4CC4)c3)cc2)n1. The molecule has 1 aliphatic rings. The topological polar surface area (TPSA) is 81.8 Å². The van der Waals surface area contributed by atoms with E-state index in [0.717, 1.165) is 24.0 Å². The van der Waals surface area contributed by atoms with Gasteiger partial charge in [0, 0.05) is 17.7 Å². The second kappa shape index (κ2) is 8.00. The van der Waals surface area contributed by atoms with Gasteiger partial charge in [-0.1, -0.05) is 6.07 Å². The van der Waals surface area contributed by atoms with E-state index in [9.17, 15) is 4.79 Å². The summed E-state index contributed by atoms with van der Waals surface area (Å²) in [5.41, 5.74) is 1.21. The molecule has 0 saturated heterocycles. The summed E-state index contributed by atoms with van der Waals surface area (Å²) >= 11 is 0. The maximum absolute atomic E-state index is 10.6. The van der Waals surface area contributed by atoms with Gasteiger partial charge in [0.15, 0.2) is 0 Å². The van der Waals surface area contributed by atoms with Crippen LogP contribution in [0.15, 0.2) is 65.3 Å². The van der Waals surface area contributed by atoms with Crippen molar-refractivity contribution in [1.29, 1.82) is 0 Å². The highest BCUT2D eigenvalue weighted by Crippen LogP contribution is 2.31. The quantitative estimate of drug-likeness (QED) is 0.555. The first kappa shape index (κ1) is 17.9. The molecule has 1 aromatic heterocycles. The molecule has 0 atom stereocenters. The fraction of sp³-hybridized carbons (Fsp3) is 0.182. The molecule has 0 unspecified atom stereocenters. The van der Waals surface area contributed by atoms with E-state index in [4.69, 9.17) is 19.0 Å². The van der Waals surface area contributed by atoms with Crippen molar-refractivity contribution in [3.05, 3.63) is 66.6 Å². The summed E-state index contributed by atoms with van der Waals surface area (Å²) < 4.78 is 17.1. The fourth-order valence-electron chi connectivity index (χ4n) is 2.58. The van der Waals surface area contributed by atoms with Crippen LogP contribution in [0.5, 0.6) is 17.2 Å². The zero-order valence-electron chi connectivity index (χ0n) is 15.1. The molecule has 4 rings (SSSR count). The van der Waals surface area contributed by atoms with Crippen molar-refractivity contribution in [3.63, 3.8) is 0 Å². The lowest BCUT2D eigenvalue weighted by Gasteiger charge is -2.09. The maximum Gasteiger partial charge on any atom is 0.328 e. The molecule has 1 N–H and O–H groups in total. The fourth-order valence-corrected chi connectivity index (χ4v) is 2.58. The predicted molar refractivity (Wildman–Crippen MR) is 103 cm³/mol. The van der Waals surface area contributed by atoms with Crippen LogP contribution in [0.3, 0.4) is 0 Å². The highest BCUT2D eigenvalue weighted by atomic mass is 16.5. The summed E-state index contributed by atoms with van der Waals surface area (Å²) in [4.78, 5) is 14.8. The van der Waals surface area contributed by atoms with E-state index in [1.54, 1.807) is 0 Å². The van der Waals surface area contributed by atoms with E-state index in [0.29, 0.717) is 29.0 Å². The molecule has 1 fully saturated rings. The summed E-state index contributed by atoms with van der Waals surface area (Å²) in [7, 11) is 0. The number of hydrogen-bond acceptors (Lipinski definition) is 5. The van der Waals surface area contributed by atoms with Crippen LogP contribution in [0.2, 0.25) is 0 Å². The van der Waals surface area contributed by atoms with Crippen molar-refractivity contribution in [2.45, 2.75) is 12.8 Å². The highest BCUT2D eigenvalue weighted by Gasteiger charge is 2.21. The van der Waals surface area contributed by atoms with Crippen molar-refractivity contribution in [2.75, 3.05) is 6.61 Å². The zero-order chi connectivity index (χ0) is 19.3. The third-order valence-electron chi connectivity index (χ3n) is 4.24. The number of oxazole rings is 1. The van der Waals surface area contributed by atoms with Crippen molar-refractivity contribution in [1.82, 2.24) is 4.98 Å². The van der Waals surface area contributed by atoms with E-state index < -0.39 is 5.97 Å². The highest BCUT2D eigenvalue weighted by molar-refractivity contribution is 5.84. The average Bonchev–Trinajstić information content (AvgIpc) is 3.41. The molecule has 1 heterocycles. The Balaban J connectivity index is 1.40. The second-order valence-corrected chi connectivity index (χ2v) is 6.60. The van der Waals surface area contributed by atoms with E-state index in [-0.39, 0.29) is 0 Å². The minimum Gasteiger partial charge on any atom is -0.493 e. The Labute approximate surface area is 162 Å². The third kappa shape index (κ3) is 4.79. The van der Waals surface area contributed by atoms with Crippen molar-refractivity contribution < 1.29 is 23.8 Å². The van der Waals surface area contributed by atoms with E-state index in [1.165, 1.54) is 25.2 Å². The van der Waals surface area contributed by atoms with Gasteiger partial charge in [-0.15, -0.1) is 0 Å². The van der Waals surface area contributed by atoms with Gasteiger partial charge in [-0.05, 0) is 61.2 Å². The average molecular weight is 377 g/mol. The molecular formula is C22H19NO5. The monoisotopic (exact) mass is 377 g/mol. The normalized spacial score (nSPS) is 13.6. The Hall–Kier alpha value is -3.54. The van der Waals surface area contributed by atoms with Gasteiger partial charge in [0.1, 0.15) is 29.2 Å². The maximum atomic E-state index is 10.6. The predicted octanol–water partition coefficient (Wildman–Crippen LogP) is 5.02. The van der Waals surface area contributed by atoms with Crippen molar-refractivity contribution in [3.8, 4) is 28.7 Å². The van der Waals surface area contributed by atoms with Gasteiger partial charge in [-0.2, -0.15) is 0 Å². The summed E-state index contributed by atoms with van der Waals surface area (Å²) in [6.45, 7) is 0.762. The Kier molecular flexibility index (Phi) is 5.10. The molecule has 142 valence electrons. The third-order valence-corrected chi connectivity index (χ3v) is 4.24. The lowest BCUT2D eigenvalue weighted by molar-refractivity contribution is -0.131. The minimum atomic E-state index is -1.03. The molecule has 0 bridgehead atoms. The molecule has 28 heavy (non-hydrogen) atoms. The van der Waals surface area contributed by atoms with Crippen LogP contribution < -0.4 is 9.47 Å². The second-order valence-electron chi connectivity index (χ2n) is 6.60. The van der Waals surface area contributed by atoms with Gasteiger partial charge in [-0.3, -0.25) is 0 Å². The zero-order valence-corrected chi connectivity index (χ0v) is 15.1. The number of carboxylic acids is 1. The molecule has 3 aromatic rings. The molecule has 1 saturated carbocycles. The molecule has 0 aliphatic heterocycles. The number of benzene rings is 2. The van der Waals surface area contributed by atoms with E-state index >= 15 is 0 Å².